The number of thioether (sulfide) groups is 1. The highest BCUT2D eigenvalue weighted by Gasteiger charge is 2.19. The Labute approximate surface area is 96.8 Å². The zero-order valence-corrected chi connectivity index (χ0v) is 10.5. The molecular weight excluding hydrogens is 208 g/mol. The molecule has 0 aromatic carbocycles. The molecule has 4 heteroatoms. The van der Waals surface area contributed by atoms with Crippen LogP contribution in [0, 0.1) is 0 Å². The van der Waals surface area contributed by atoms with Gasteiger partial charge in [0.2, 0.25) is 5.91 Å². The summed E-state index contributed by atoms with van der Waals surface area (Å²) in [5.74, 6) is 1.33. The smallest absolute Gasteiger partial charge is 0.221 e. The minimum Gasteiger partial charge on any atom is -0.356 e. The first-order chi connectivity index (χ1) is 7.26. The normalized spacial score (nSPS) is 24.4. The molecular formula is C11H22N2OS. The largest absolute Gasteiger partial charge is 0.356 e. The lowest BCUT2D eigenvalue weighted by molar-refractivity contribution is -0.121. The minimum atomic E-state index is 0.198. The van der Waals surface area contributed by atoms with Gasteiger partial charge in [0.25, 0.3) is 0 Å². The number of carbonyl (C=O) groups excluding carboxylic acids is 1. The molecule has 2 N–H and O–H groups in total. The molecule has 0 spiro atoms. The molecule has 0 radical (unpaired) electrons. The van der Waals surface area contributed by atoms with Crippen LogP contribution in [0.25, 0.3) is 0 Å². The Morgan fingerprint density at radius 1 is 1.67 bits per heavy atom. The van der Waals surface area contributed by atoms with E-state index in [2.05, 4.69) is 23.8 Å². The van der Waals surface area contributed by atoms with E-state index in [1.54, 1.807) is 0 Å². The lowest BCUT2D eigenvalue weighted by Crippen LogP contribution is -2.40. The van der Waals surface area contributed by atoms with E-state index >= 15 is 0 Å². The number of hydrogen-bond donors (Lipinski definition) is 2. The summed E-state index contributed by atoms with van der Waals surface area (Å²) in [5.41, 5.74) is 0. The molecule has 2 unspecified atom stereocenters. The van der Waals surface area contributed by atoms with Gasteiger partial charge in [-0.15, -0.1) is 0 Å². The SMILES string of the molecule is CCC(CSC)NC1CCCNC(=O)C1. The monoisotopic (exact) mass is 230 g/mol. The van der Waals surface area contributed by atoms with Crippen LogP contribution in [0.4, 0.5) is 0 Å². The van der Waals surface area contributed by atoms with E-state index < -0.39 is 0 Å². The van der Waals surface area contributed by atoms with E-state index in [4.69, 9.17) is 0 Å². The number of amides is 1. The maximum Gasteiger partial charge on any atom is 0.221 e. The molecule has 0 aliphatic carbocycles. The predicted octanol–water partition coefficient (Wildman–Crippen LogP) is 1.39. The molecule has 0 bridgehead atoms. The van der Waals surface area contributed by atoms with Crippen LogP contribution in [0.3, 0.4) is 0 Å². The molecule has 1 fully saturated rings. The average Bonchev–Trinajstić information content (AvgIpc) is 2.42. The minimum absolute atomic E-state index is 0.198. The van der Waals surface area contributed by atoms with Gasteiger partial charge in [-0.1, -0.05) is 6.92 Å². The average molecular weight is 230 g/mol. The number of hydrogen-bond acceptors (Lipinski definition) is 3. The Kier molecular flexibility index (Phi) is 6.10. The highest BCUT2D eigenvalue weighted by Crippen LogP contribution is 2.10. The van der Waals surface area contributed by atoms with Crippen molar-refractivity contribution in [1.82, 2.24) is 10.6 Å². The third-order valence-electron chi connectivity index (χ3n) is 2.82. The van der Waals surface area contributed by atoms with Crippen LogP contribution in [0.15, 0.2) is 0 Å². The molecule has 1 rings (SSSR count). The van der Waals surface area contributed by atoms with Gasteiger partial charge in [-0.2, -0.15) is 11.8 Å². The van der Waals surface area contributed by atoms with Crippen LogP contribution in [-0.2, 0) is 4.79 Å². The molecule has 2 atom stereocenters. The Balaban J connectivity index is 2.36. The van der Waals surface area contributed by atoms with Crippen molar-refractivity contribution in [1.29, 1.82) is 0 Å². The van der Waals surface area contributed by atoms with Gasteiger partial charge in [0, 0.05) is 30.8 Å². The molecule has 1 amide bonds. The summed E-state index contributed by atoms with van der Waals surface area (Å²) in [5, 5.41) is 6.51. The van der Waals surface area contributed by atoms with Crippen molar-refractivity contribution in [2.75, 3.05) is 18.6 Å². The molecule has 1 saturated heterocycles. The van der Waals surface area contributed by atoms with Gasteiger partial charge in [0.05, 0.1) is 0 Å². The second kappa shape index (κ2) is 7.12. The Bertz CT molecular complexity index is 199. The van der Waals surface area contributed by atoms with Gasteiger partial charge < -0.3 is 10.6 Å². The summed E-state index contributed by atoms with van der Waals surface area (Å²) >= 11 is 1.87. The molecule has 0 saturated carbocycles. The second-order valence-electron chi connectivity index (χ2n) is 4.12. The van der Waals surface area contributed by atoms with Crippen LogP contribution in [0.5, 0.6) is 0 Å². The number of nitrogens with one attached hydrogen (secondary N) is 2. The Morgan fingerprint density at radius 2 is 2.47 bits per heavy atom. The topological polar surface area (TPSA) is 41.1 Å². The molecule has 1 heterocycles. The van der Waals surface area contributed by atoms with Gasteiger partial charge in [-0.25, -0.2) is 0 Å². The van der Waals surface area contributed by atoms with Gasteiger partial charge in [0.1, 0.15) is 0 Å². The lowest BCUT2D eigenvalue weighted by Gasteiger charge is -2.22. The fourth-order valence-electron chi connectivity index (χ4n) is 1.93. The maximum atomic E-state index is 11.4. The van der Waals surface area contributed by atoms with Crippen LogP contribution >= 0.6 is 11.8 Å². The quantitative estimate of drug-likeness (QED) is 0.750. The first-order valence-electron chi connectivity index (χ1n) is 5.78. The van der Waals surface area contributed by atoms with E-state index in [1.165, 1.54) is 0 Å². The van der Waals surface area contributed by atoms with Gasteiger partial charge in [-0.05, 0) is 25.5 Å². The van der Waals surface area contributed by atoms with Crippen molar-refractivity contribution in [3.05, 3.63) is 0 Å². The highest BCUT2D eigenvalue weighted by molar-refractivity contribution is 7.98. The van der Waals surface area contributed by atoms with Crippen LogP contribution < -0.4 is 10.6 Å². The predicted molar refractivity (Wildman–Crippen MR) is 66.2 cm³/mol. The van der Waals surface area contributed by atoms with Crippen molar-refractivity contribution in [2.24, 2.45) is 0 Å². The third kappa shape index (κ3) is 4.89. The van der Waals surface area contributed by atoms with Crippen LogP contribution in [-0.4, -0.2) is 36.5 Å². The molecule has 0 aromatic rings. The third-order valence-corrected chi connectivity index (χ3v) is 3.55. The van der Waals surface area contributed by atoms with Gasteiger partial charge >= 0.3 is 0 Å². The molecule has 1 aliphatic rings. The first kappa shape index (κ1) is 12.8. The van der Waals surface area contributed by atoms with E-state index in [-0.39, 0.29) is 5.91 Å². The summed E-state index contributed by atoms with van der Waals surface area (Å²) < 4.78 is 0. The molecule has 3 nitrogen and oxygen atoms in total. The highest BCUT2D eigenvalue weighted by atomic mass is 32.2. The van der Waals surface area contributed by atoms with E-state index in [0.29, 0.717) is 18.5 Å². The molecule has 0 aromatic heterocycles. The number of rotatable bonds is 5. The first-order valence-corrected chi connectivity index (χ1v) is 7.17. The molecule has 88 valence electrons. The standard InChI is InChI=1S/C11H22N2OS/c1-3-9(8-15-2)13-10-5-4-6-12-11(14)7-10/h9-10,13H,3-8H2,1-2H3,(H,12,14). The Morgan fingerprint density at radius 3 is 3.13 bits per heavy atom. The summed E-state index contributed by atoms with van der Waals surface area (Å²) in [6.07, 6.45) is 6.12. The summed E-state index contributed by atoms with van der Waals surface area (Å²) in [6.45, 7) is 3.04. The molecule has 1 aliphatic heterocycles. The van der Waals surface area contributed by atoms with Gasteiger partial charge in [-0.3, -0.25) is 4.79 Å². The summed E-state index contributed by atoms with van der Waals surface area (Å²) in [4.78, 5) is 11.4. The zero-order chi connectivity index (χ0) is 11.1. The van der Waals surface area contributed by atoms with E-state index in [0.717, 1.165) is 31.6 Å². The Hall–Kier alpha value is -0.220. The van der Waals surface area contributed by atoms with Crippen molar-refractivity contribution in [2.45, 2.75) is 44.7 Å². The zero-order valence-electron chi connectivity index (χ0n) is 9.71. The summed E-state index contributed by atoms with van der Waals surface area (Å²) in [6, 6.07) is 0.931. The second-order valence-corrected chi connectivity index (χ2v) is 5.03. The van der Waals surface area contributed by atoms with Crippen molar-refractivity contribution in [3.63, 3.8) is 0 Å². The van der Waals surface area contributed by atoms with Crippen molar-refractivity contribution < 1.29 is 4.79 Å². The molecule has 15 heavy (non-hydrogen) atoms. The number of carbonyl (C=O) groups is 1. The van der Waals surface area contributed by atoms with Crippen molar-refractivity contribution >= 4 is 17.7 Å². The fraction of sp³-hybridized carbons (Fsp3) is 0.909. The van der Waals surface area contributed by atoms with E-state index in [9.17, 15) is 4.79 Å². The fourth-order valence-corrected chi connectivity index (χ4v) is 2.67. The van der Waals surface area contributed by atoms with E-state index in [1.807, 2.05) is 11.8 Å². The lowest BCUT2D eigenvalue weighted by atomic mass is 10.1. The van der Waals surface area contributed by atoms with Gasteiger partial charge in [0.15, 0.2) is 0 Å². The van der Waals surface area contributed by atoms with Crippen molar-refractivity contribution in [3.8, 4) is 0 Å². The van der Waals surface area contributed by atoms with Crippen LogP contribution in [0.1, 0.15) is 32.6 Å². The summed E-state index contributed by atoms with van der Waals surface area (Å²) in [7, 11) is 0. The maximum absolute atomic E-state index is 11.4. The van der Waals surface area contributed by atoms with Crippen LogP contribution in [0.2, 0.25) is 0 Å².